The summed E-state index contributed by atoms with van der Waals surface area (Å²) in [6, 6.07) is 24.4. The van der Waals surface area contributed by atoms with Crippen LogP contribution in [0.4, 0.5) is 11.4 Å². The van der Waals surface area contributed by atoms with Crippen LogP contribution in [-0.4, -0.2) is 48.0 Å². The van der Waals surface area contributed by atoms with Crippen molar-refractivity contribution in [3.63, 3.8) is 0 Å². The molecule has 1 aliphatic heterocycles. The average Bonchev–Trinajstić information content (AvgIpc) is 3.46. The minimum Gasteiger partial charge on any atom is -0.451 e. The van der Waals surface area contributed by atoms with E-state index in [1.54, 1.807) is 18.2 Å². The molecule has 2 N–H and O–H groups in total. The van der Waals surface area contributed by atoms with Gasteiger partial charge in [0.1, 0.15) is 5.76 Å². The number of hydrogen-bond donors (Lipinski definition) is 2. The lowest BCUT2D eigenvalue weighted by molar-refractivity contribution is 0.0746. The predicted molar refractivity (Wildman–Crippen MR) is 163 cm³/mol. The summed E-state index contributed by atoms with van der Waals surface area (Å²) in [6.45, 7) is 6.75. The lowest BCUT2D eigenvalue weighted by Crippen LogP contribution is -2.48. The molecule has 0 atom stereocenters. The largest absolute Gasteiger partial charge is 0.451 e. The fourth-order valence-corrected chi connectivity index (χ4v) is 4.88. The fraction of sp³-hybridized carbons (Fsp3) is 0.194. The van der Waals surface area contributed by atoms with Crippen LogP contribution in [0.2, 0.25) is 5.02 Å². The number of anilines is 2. The lowest BCUT2D eigenvalue weighted by atomic mass is 10.1. The zero-order chi connectivity index (χ0) is 28.2. The number of carbonyl (C=O) groups excluding carboxylic acids is 2. The normalized spacial score (nSPS) is 13.2. The van der Waals surface area contributed by atoms with Gasteiger partial charge in [0, 0.05) is 53.7 Å². The van der Waals surface area contributed by atoms with E-state index in [0.29, 0.717) is 23.9 Å². The fourth-order valence-electron chi connectivity index (χ4n) is 4.49. The second-order valence-corrected chi connectivity index (χ2v) is 10.5. The molecule has 0 radical (unpaired) electrons. The van der Waals surface area contributed by atoms with Gasteiger partial charge in [-0.1, -0.05) is 41.4 Å². The van der Waals surface area contributed by atoms with Crippen molar-refractivity contribution < 1.29 is 14.0 Å². The molecule has 3 aromatic carbocycles. The quantitative estimate of drug-likeness (QED) is 0.273. The van der Waals surface area contributed by atoms with Crippen LogP contribution in [0.5, 0.6) is 0 Å². The maximum atomic E-state index is 12.8. The first-order chi connectivity index (χ1) is 19.3. The molecule has 5 rings (SSSR count). The highest BCUT2D eigenvalue weighted by Gasteiger charge is 2.22. The number of nitrogens with zero attached hydrogens (tertiary/aromatic N) is 2. The number of benzene rings is 3. The van der Waals surface area contributed by atoms with Crippen molar-refractivity contribution in [2.45, 2.75) is 13.8 Å². The van der Waals surface area contributed by atoms with Crippen molar-refractivity contribution in [2.75, 3.05) is 36.4 Å². The number of halogens is 1. The van der Waals surface area contributed by atoms with E-state index in [1.807, 2.05) is 79.4 Å². The average molecular weight is 573 g/mol. The van der Waals surface area contributed by atoms with E-state index >= 15 is 0 Å². The van der Waals surface area contributed by atoms with Gasteiger partial charge in [0.25, 0.3) is 11.8 Å². The van der Waals surface area contributed by atoms with Crippen LogP contribution in [0, 0.1) is 13.8 Å². The van der Waals surface area contributed by atoms with Gasteiger partial charge in [0.15, 0.2) is 10.9 Å². The number of hydrogen-bond acceptors (Lipinski definition) is 5. The van der Waals surface area contributed by atoms with Crippen molar-refractivity contribution in [3.8, 4) is 11.3 Å². The summed E-state index contributed by atoms with van der Waals surface area (Å²) in [4.78, 5) is 29.6. The van der Waals surface area contributed by atoms with Crippen LogP contribution in [0.15, 0.2) is 83.3 Å². The van der Waals surface area contributed by atoms with E-state index in [1.165, 1.54) is 0 Å². The van der Waals surface area contributed by atoms with Gasteiger partial charge in [-0.3, -0.25) is 14.9 Å². The van der Waals surface area contributed by atoms with Crippen molar-refractivity contribution >= 4 is 52.1 Å². The smallest absolute Gasteiger partial charge is 0.293 e. The van der Waals surface area contributed by atoms with Gasteiger partial charge in [-0.25, -0.2) is 0 Å². The molecule has 0 spiro atoms. The minimum absolute atomic E-state index is 0.0695. The van der Waals surface area contributed by atoms with Crippen molar-refractivity contribution in [2.24, 2.45) is 0 Å². The molecule has 204 valence electrons. The van der Waals surface area contributed by atoms with Crippen molar-refractivity contribution in [1.29, 1.82) is 0 Å². The molecule has 9 heteroatoms. The third kappa shape index (κ3) is 6.35. The third-order valence-electron chi connectivity index (χ3n) is 6.87. The van der Waals surface area contributed by atoms with Gasteiger partial charge < -0.3 is 19.5 Å². The zero-order valence-corrected chi connectivity index (χ0v) is 23.8. The Hall–Kier alpha value is -4.14. The number of thiocarbonyl (C=S) groups is 1. The molecule has 0 unspecified atom stereocenters. The number of carbonyl (C=O) groups is 2. The summed E-state index contributed by atoms with van der Waals surface area (Å²) in [6.07, 6.45) is 0. The van der Waals surface area contributed by atoms with Crippen molar-refractivity contribution in [3.05, 3.63) is 106 Å². The Morgan fingerprint density at radius 1 is 0.875 bits per heavy atom. The summed E-state index contributed by atoms with van der Waals surface area (Å²) >= 11 is 11.5. The number of furan rings is 1. The molecule has 2 heterocycles. The van der Waals surface area contributed by atoms with E-state index in [-0.39, 0.29) is 16.8 Å². The van der Waals surface area contributed by atoms with Crippen LogP contribution >= 0.6 is 23.8 Å². The Kier molecular flexibility index (Phi) is 8.19. The highest BCUT2D eigenvalue weighted by Crippen LogP contribution is 2.27. The highest BCUT2D eigenvalue weighted by atomic mass is 35.5. The monoisotopic (exact) mass is 572 g/mol. The highest BCUT2D eigenvalue weighted by molar-refractivity contribution is 7.80. The molecular formula is C31H29ClN4O3S. The zero-order valence-electron chi connectivity index (χ0n) is 22.2. The van der Waals surface area contributed by atoms with E-state index in [0.717, 1.165) is 46.7 Å². The van der Waals surface area contributed by atoms with E-state index in [9.17, 15) is 9.59 Å². The number of rotatable bonds is 5. The number of piperazine rings is 1. The van der Waals surface area contributed by atoms with Gasteiger partial charge in [0.2, 0.25) is 0 Å². The maximum absolute atomic E-state index is 12.8. The van der Waals surface area contributed by atoms with Gasteiger partial charge >= 0.3 is 0 Å². The minimum atomic E-state index is -0.448. The third-order valence-corrected chi connectivity index (χ3v) is 7.48. The Morgan fingerprint density at radius 2 is 1.57 bits per heavy atom. The Morgan fingerprint density at radius 3 is 2.25 bits per heavy atom. The number of aryl methyl sites for hydroxylation is 2. The molecule has 40 heavy (non-hydrogen) atoms. The van der Waals surface area contributed by atoms with Gasteiger partial charge in [-0.15, -0.1) is 0 Å². The van der Waals surface area contributed by atoms with Crippen LogP contribution in [0.1, 0.15) is 32.0 Å². The molecule has 0 aliphatic carbocycles. The Balaban J connectivity index is 1.12. The standard InChI is InChI=1S/C31H29ClN4O3S/c1-20-3-6-22(7-4-20)30(38)36-17-15-35(16-18-36)25-11-9-24(10-12-25)33-31(40)34-29(37)28-14-13-27(39-28)23-8-5-21(2)26(32)19-23/h3-14,19H,15-18H2,1-2H3,(H2,33,34,37,40). The van der Waals surface area contributed by atoms with Crippen LogP contribution in [0.3, 0.4) is 0 Å². The van der Waals surface area contributed by atoms with Crippen LogP contribution < -0.4 is 15.5 Å². The predicted octanol–water partition coefficient (Wildman–Crippen LogP) is 6.31. The second kappa shape index (κ2) is 11.9. The summed E-state index contributed by atoms with van der Waals surface area (Å²) in [5, 5.41) is 6.49. The molecule has 4 aromatic rings. The summed E-state index contributed by atoms with van der Waals surface area (Å²) in [7, 11) is 0. The Labute approximate surface area is 243 Å². The van der Waals surface area contributed by atoms with Gasteiger partial charge in [0.05, 0.1) is 0 Å². The first-order valence-corrected chi connectivity index (χ1v) is 13.7. The Bertz CT molecular complexity index is 1540. The molecule has 0 saturated carbocycles. The molecule has 1 aromatic heterocycles. The summed E-state index contributed by atoms with van der Waals surface area (Å²) in [5.41, 5.74) is 5.42. The molecular weight excluding hydrogens is 544 g/mol. The van der Waals surface area contributed by atoms with E-state index in [2.05, 4.69) is 15.5 Å². The van der Waals surface area contributed by atoms with E-state index < -0.39 is 5.91 Å². The molecule has 7 nitrogen and oxygen atoms in total. The lowest BCUT2D eigenvalue weighted by Gasteiger charge is -2.36. The van der Waals surface area contributed by atoms with Gasteiger partial charge in [-0.2, -0.15) is 0 Å². The molecule has 1 fully saturated rings. The van der Waals surface area contributed by atoms with Crippen LogP contribution in [-0.2, 0) is 0 Å². The SMILES string of the molecule is Cc1ccc(C(=O)N2CCN(c3ccc(NC(=S)NC(=O)c4ccc(-c5ccc(C)c(Cl)c5)o4)cc3)CC2)cc1. The summed E-state index contributed by atoms with van der Waals surface area (Å²) < 4.78 is 5.72. The molecule has 2 amide bonds. The van der Waals surface area contributed by atoms with Crippen LogP contribution in [0.25, 0.3) is 11.3 Å². The first-order valence-electron chi connectivity index (χ1n) is 13.0. The number of amides is 2. The first kappa shape index (κ1) is 27.4. The van der Waals surface area contributed by atoms with E-state index in [4.69, 9.17) is 28.2 Å². The van der Waals surface area contributed by atoms with Crippen molar-refractivity contribution in [1.82, 2.24) is 10.2 Å². The second-order valence-electron chi connectivity index (χ2n) is 9.73. The molecule has 1 saturated heterocycles. The van der Waals surface area contributed by atoms with Gasteiger partial charge in [-0.05, 0) is 86.2 Å². The molecule has 0 bridgehead atoms. The maximum Gasteiger partial charge on any atom is 0.293 e. The number of nitrogens with one attached hydrogen (secondary N) is 2. The topological polar surface area (TPSA) is 77.8 Å². The summed E-state index contributed by atoms with van der Waals surface area (Å²) in [5.74, 6) is 0.310. The molecule has 1 aliphatic rings.